The first-order chi connectivity index (χ1) is 12.0. The number of nitrogens with zero attached hydrogens (tertiary/aromatic N) is 2. The lowest BCUT2D eigenvalue weighted by atomic mass is 10.3. The Morgan fingerprint density at radius 1 is 1.24 bits per heavy atom. The van der Waals surface area contributed by atoms with Crippen LogP contribution in [0.25, 0.3) is 6.08 Å². The first-order valence-corrected chi connectivity index (χ1v) is 9.52. The summed E-state index contributed by atoms with van der Waals surface area (Å²) in [4.78, 5) is 19.0. The van der Waals surface area contributed by atoms with Crippen molar-refractivity contribution >= 4 is 66.5 Å². The van der Waals surface area contributed by atoms with Gasteiger partial charge >= 0.3 is 0 Å². The maximum absolute atomic E-state index is 12.4. The Labute approximate surface area is 164 Å². The van der Waals surface area contributed by atoms with Crippen LogP contribution in [0.15, 0.2) is 47.7 Å². The maximum atomic E-state index is 12.4. The average Bonchev–Trinajstić information content (AvgIpc) is 3.24. The molecule has 2 aliphatic rings. The Morgan fingerprint density at radius 2 is 2.04 bits per heavy atom. The summed E-state index contributed by atoms with van der Waals surface area (Å²) < 4.78 is 17.5. The van der Waals surface area contributed by atoms with Crippen LogP contribution >= 0.6 is 43.6 Å². The molecule has 0 atom stereocenters. The minimum atomic E-state index is -0.131. The molecule has 2 aromatic rings. The van der Waals surface area contributed by atoms with Gasteiger partial charge in [0, 0.05) is 19.2 Å². The van der Waals surface area contributed by atoms with Gasteiger partial charge in [0.15, 0.2) is 21.3 Å². The molecule has 128 valence electrons. The molecular weight excluding hydrogens is 476 g/mol. The van der Waals surface area contributed by atoms with Crippen LogP contribution in [0, 0.1) is 0 Å². The number of benzene rings is 1. The molecule has 9 heteroatoms. The maximum Gasteiger partial charge on any atom is 0.266 e. The van der Waals surface area contributed by atoms with E-state index in [0.717, 1.165) is 4.47 Å². The molecule has 0 radical (unpaired) electrons. The zero-order chi connectivity index (χ0) is 17.6. The standard InChI is InChI=1S/C16H10Br2N2O4S/c1-20-15(21)13(6-9-5-10(17)14(18)24-9)25-16(20)19-8-2-3-11-12(4-8)23-7-22-11/h2-6H,7H2,1H3/b13-6-,19-16?. The van der Waals surface area contributed by atoms with Crippen molar-refractivity contribution in [3.8, 4) is 11.5 Å². The lowest BCUT2D eigenvalue weighted by Crippen LogP contribution is -2.23. The minimum Gasteiger partial charge on any atom is -0.454 e. The van der Waals surface area contributed by atoms with E-state index in [1.165, 1.54) is 16.7 Å². The molecule has 1 aromatic carbocycles. The molecule has 1 aromatic heterocycles. The average molecular weight is 486 g/mol. The summed E-state index contributed by atoms with van der Waals surface area (Å²) >= 11 is 7.93. The normalized spacial score (nSPS) is 19.5. The van der Waals surface area contributed by atoms with E-state index in [0.29, 0.717) is 37.7 Å². The SMILES string of the molecule is CN1C(=O)/C(=C/c2cc(Br)c(Br)o2)SC1=Nc1ccc2c(c1)OCO2. The molecule has 0 bridgehead atoms. The van der Waals surface area contributed by atoms with Gasteiger partial charge in [-0.1, -0.05) is 0 Å². The van der Waals surface area contributed by atoms with Gasteiger partial charge in [-0.15, -0.1) is 0 Å². The number of likely N-dealkylation sites (N-methyl/N-ethyl adjacent to an activating group) is 1. The van der Waals surface area contributed by atoms with Gasteiger partial charge in [0.05, 0.1) is 15.1 Å². The summed E-state index contributed by atoms with van der Waals surface area (Å²) in [6, 6.07) is 7.20. The van der Waals surface area contributed by atoms with Crippen LogP contribution in [0.1, 0.15) is 5.76 Å². The fourth-order valence-corrected chi connectivity index (χ4v) is 3.86. The van der Waals surface area contributed by atoms with Crippen LogP contribution in [-0.4, -0.2) is 29.8 Å². The number of hydrogen-bond donors (Lipinski definition) is 0. The van der Waals surface area contributed by atoms with Crippen LogP contribution in [0.5, 0.6) is 11.5 Å². The van der Waals surface area contributed by atoms with E-state index in [2.05, 4.69) is 36.9 Å². The fourth-order valence-electron chi connectivity index (χ4n) is 2.28. The van der Waals surface area contributed by atoms with E-state index < -0.39 is 0 Å². The third-order valence-electron chi connectivity index (χ3n) is 3.52. The van der Waals surface area contributed by atoms with Gasteiger partial charge in [-0.3, -0.25) is 9.69 Å². The lowest BCUT2D eigenvalue weighted by molar-refractivity contribution is -0.121. The number of amidine groups is 1. The topological polar surface area (TPSA) is 64.3 Å². The number of furan rings is 1. The Hall–Kier alpha value is -1.71. The van der Waals surface area contributed by atoms with Crippen LogP contribution in [0.4, 0.5) is 5.69 Å². The molecular formula is C16H10Br2N2O4S. The highest BCUT2D eigenvalue weighted by atomic mass is 79.9. The summed E-state index contributed by atoms with van der Waals surface area (Å²) in [5, 5.41) is 0.583. The van der Waals surface area contributed by atoms with Gasteiger partial charge in [0.2, 0.25) is 6.79 Å². The molecule has 1 amide bonds. The molecule has 0 spiro atoms. The van der Waals surface area contributed by atoms with Gasteiger partial charge in [-0.25, -0.2) is 4.99 Å². The van der Waals surface area contributed by atoms with Crippen molar-refractivity contribution in [2.75, 3.05) is 13.8 Å². The molecule has 0 saturated carbocycles. The molecule has 6 nitrogen and oxygen atoms in total. The van der Waals surface area contributed by atoms with E-state index >= 15 is 0 Å². The zero-order valence-corrected chi connectivity index (χ0v) is 16.8. The number of halogens is 2. The zero-order valence-electron chi connectivity index (χ0n) is 12.8. The highest BCUT2D eigenvalue weighted by molar-refractivity contribution is 9.13. The highest BCUT2D eigenvalue weighted by Crippen LogP contribution is 2.38. The van der Waals surface area contributed by atoms with Crippen molar-refractivity contribution in [1.82, 2.24) is 4.90 Å². The molecule has 1 saturated heterocycles. The van der Waals surface area contributed by atoms with Gasteiger partial charge in [-0.2, -0.15) is 0 Å². The molecule has 0 aliphatic carbocycles. The van der Waals surface area contributed by atoms with Crippen LogP contribution in [0.2, 0.25) is 0 Å². The number of fused-ring (bicyclic) bond motifs is 1. The van der Waals surface area contributed by atoms with Gasteiger partial charge < -0.3 is 13.9 Å². The third kappa shape index (κ3) is 3.23. The molecule has 2 aliphatic heterocycles. The van der Waals surface area contributed by atoms with Crippen LogP contribution < -0.4 is 9.47 Å². The second-order valence-electron chi connectivity index (χ2n) is 5.18. The minimum absolute atomic E-state index is 0.131. The van der Waals surface area contributed by atoms with Crippen LogP contribution in [-0.2, 0) is 4.79 Å². The number of rotatable bonds is 2. The molecule has 1 fully saturated rings. The van der Waals surface area contributed by atoms with Gasteiger partial charge in [0.25, 0.3) is 5.91 Å². The Balaban J connectivity index is 1.62. The molecule has 3 heterocycles. The van der Waals surface area contributed by atoms with Gasteiger partial charge in [0.1, 0.15) is 5.76 Å². The quantitative estimate of drug-likeness (QED) is 0.573. The number of carbonyl (C=O) groups excluding carboxylic acids is 1. The van der Waals surface area contributed by atoms with E-state index in [-0.39, 0.29) is 12.7 Å². The number of aliphatic imine (C=N–C) groups is 1. The lowest BCUT2D eigenvalue weighted by Gasteiger charge is -2.07. The number of amides is 1. The van der Waals surface area contributed by atoms with E-state index in [9.17, 15) is 4.79 Å². The summed E-state index contributed by atoms with van der Waals surface area (Å²) in [6.07, 6.45) is 1.70. The van der Waals surface area contributed by atoms with E-state index in [4.69, 9.17) is 13.9 Å². The largest absolute Gasteiger partial charge is 0.454 e. The number of hydrogen-bond acceptors (Lipinski definition) is 6. The third-order valence-corrected chi connectivity index (χ3v) is 6.29. The Morgan fingerprint density at radius 3 is 2.80 bits per heavy atom. The predicted molar refractivity (Wildman–Crippen MR) is 102 cm³/mol. The Bertz CT molecular complexity index is 919. The summed E-state index contributed by atoms with van der Waals surface area (Å²) in [5.41, 5.74) is 0.691. The second-order valence-corrected chi connectivity index (χ2v) is 7.76. The summed E-state index contributed by atoms with van der Waals surface area (Å²) in [6.45, 7) is 0.212. The predicted octanol–water partition coefficient (Wildman–Crippen LogP) is 4.77. The Kier molecular flexibility index (Phi) is 4.38. The van der Waals surface area contributed by atoms with Crippen molar-refractivity contribution in [2.45, 2.75) is 0 Å². The van der Waals surface area contributed by atoms with Gasteiger partial charge in [-0.05, 0) is 61.8 Å². The number of ether oxygens (including phenoxy) is 2. The molecule has 0 N–H and O–H groups in total. The molecule has 4 rings (SSSR count). The first-order valence-electron chi connectivity index (χ1n) is 7.12. The molecule has 25 heavy (non-hydrogen) atoms. The monoisotopic (exact) mass is 484 g/mol. The smallest absolute Gasteiger partial charge is 0.266 e. The van der Waals surface area contributed by atoms with Crippen molar-refractivity contribution < 1.29 is 18.7 Å². The number of carbonyl (C=O) groups is 1. The first kappa shape index (κ1) is 16.7. The van der Waals surface area contributed by atoms with Crippen molar-refractivity contribution in [2.24, 2.45) is 4.99 Å². The summed E-state index contributed by atoms with van der Waals surface area (Å²) in [5.74, 6) is 1.79. The summed E-state index contributed by atoms with van der Waals surface area (Å²) in [7, 11) is 1.69. The number of thioether (sulfide) groups is 1. The van der Waals surface area contributed by atoms with E-state index in [1.54, 1.807) is 31.3 Å². The van der Waals surface area contributed by atoms with Crippen molar-refractivity contribution in [3.63, 3.8) is 0 Å². The molecule has 0 unspecified atom stereocenters. The van der Waals surface area contributed by atoms with E-state index in [1.807, 2.05) is 6.07 Å². The van der Waals surface area contributed by atoms with Crippen molar-refractivity contribution in [1.29, 1.82) is 0 Å². The second kappa shape index (κ2) is 6.54. The highest BCUT2D eigenvalue weighted by Gasteiger charge is 2.31. The fraction of sp³-hybridized carbons (Fsp3) is 0.125. The van der Waals surface area contributed by atoms with Crippen LogP contribution in [0.3, 0.4) is 0 Å². The van der Waals surface area contributed by atoms with Crippen molar-refractivity contribution in [3.05, 3.63) is 44.1 Å².